The number of benzene rings is 1. The molecule has 2 rings (SSSR count). The van der Waals surface area contributed by atoms with Gasteiger partial charge in [-0.25, -0.2) is 9.37 Å². The van der Waals surface area contributed by atoms with Gasteiger partial charge >= 0.3 is 0 Å². The fourth-order valence-corrected chi connectivity index (χ4v) is 1.58. The van der Waals surface area contributed by atoms with Crippen molar-refractivity contribution in [3.8, 4) is 0 Å². The Bertz CT molecular complexity index is 564. The molecule has 1 aromatic carbocycles. The summed E-state index contributed by atoms with van der Waals surface area (Å²) in [6.45, 7) is 0.503. The predicted octanol–water partition coefficient (Wildman–Crippen LogP) is 1.92. The van der Waals surface area contributed by atoms with Crippen LogP contribution in [0.25, 0.3) is 6.08 Å². The first-order chi connectivity index (χ1) is 9.25. The predicted molar refractivity (Wildman–Crippen MR) is 70.7 cm³/mol. The number of imidazole rings is 1. The van der Waals surface area contributed by atoms with Crippen molar-refractivity contribution in [2.75, 3.05) is 6.54 Å². The molecule has 0 saturated carbocycles. The Kier molecular flexibility index (Phi) is 4.44. The molecule has 0 spiro atoms. The molecule has 0 unspecified atom stereocenters. The van der Waals surface area contributed by atoms with E-state index in [1.807, 2.05) is 0 Å². The lowest BCUT2D eigenvalue weighted by Crippen LogP contribution is -2.23. The van der Waals surface area contributed by atoms with Crippen LogP contribution < -0.4 is 5.32 Å². The second-order valence-corrected chi connectivity index (χ2v) is 3.97. The molecule has 0 radical (unpaired) electrons. The number of aromatic amines is 1. The molecule has 1 heterocycles. The van der Waals surface area contributed by atoms with Gasteiger partial charge in [-0.2, -0.15) is 0 Å². The van der Waals surface area contributed by atoms with Crippen molar-refractivity contribution >= 4 is 12.0 Å². The van der Waals surface area contributed by atoms with Crippen LogP contribution in [0, 0.1) is 5.82 Å². The third kappa shape index (κ3) is 4.06. The zero-order valence-electron chi connectivity index (χ0n) is 10.3. The van der Waals surface area contributed by atoms with Crippen LogP contribution in [0.1, 0.15) is 11.3 Å². The Labute approximate surface area is 110 Å². The minimum Gasteiger partial charge on any atom is -0.352 e. The van der Waals surface area contributed by atoms with Crippen molar-refractivity contribution in [1.29, 1.82) is 0 Å². The van der Waals surface area contributed by atoms with E-state index < -0.39 is 0 Å². The summed E-state index contributed by atoms with van der Waals surface area (Å²) in [4.78, 5) is 18.3. The number of aromatic nitrogens is 2. The smallest absolute Gasteiger partial charge is 0.244 e. The van der Waals surface area contributed by atoms with Crippen molar-refractivity contribution in [2.45, 2.75) is 6.42 Å². The molecule has 19 heavy (non-hydrogen) atoms. The highest BCUT2D eigenvalue weighted by Crippen LogP contribution is 2.07. The van der Waals surface area contributed by atoms with Crippen LogP contribution in [-0.2, 0) is 11.2 Å². The minimum atomic E-state index is -0.344. The molecule has 5 heteroatoms. The first-order valence-corrected chi connectivity index (χ1v) is 5.93. The lowest BCUT2D eigenvalue weighted by atomic mass is 10.2. The molecule has 0 bridgehead atoms. The Morgan fingerprint density at radius 2 is 2.26 bits per heavy atom. The van der Waals surface area contributed by atoms with Gasteiger partial charge in [-0.15, -0.1) is 0 Å². The molecule has 4 nitrogen and oxygen atoms in total. The van der Waals surface area contributed by atoms with Gasteiger partial charge in [-0.05, 0) is 12.1 Å². The summed E-state index contributed by atoms with van der Waals surface area (Å²) < 4.78 is 13.3. The molecule has 0 saturated heterocycles. The Morgan fingerprint density at radius 3 is 3.00 bits per heavy atom. The number of rotatable bonds is 5. The van der Waals surface area contributed by atoms with E-state index in [0.717, 1.165) is 5.69 Å². The third-order valence-electron chi connectivity index (χ3n) is 2.57. The normalized spacial score (nSPS) is 10.8. The number of carbonyl (C=O) groups is 1. The highest BCUT2D eigenvalue weighted by Gasteiger charge is 1.99. The standard InChI is InChI=1S/C14H14FN3O/c15-13-4-2-1-3-11(13)5-6-14(19)17-8-7-12-9-16-10-18-12/h1-6,9-10H,7-8H2,(H,16,18)(H,17,19)/b6-5+. The molecule has 2 N–H and O–H groups in total. The maximum atomic E-state index is 13.3. The molecule has 0 fully saturated rings. The fraction of sp³-hybridized carbons (Fsp3) is 0.143. The van der Waals surface area contributed by atoms with E-state index in [0.29, 0.717) is 18.5 Å². The largest absolute Gasteiger partial charge is 0.352 e. The van der Waals surface area contributed by atoms with Crippen LogP contribution >= 0.6 is 0 Å². The number of H-pyrrole nitrogens is 1. The van der Waals surface area contributed by atoms with Crippen LogP contribution in [0.5, 0.6) is 0 Å². The van der Waals surface area contributed by atoms with Crippen molar-refractivity contribution in [1.82, 2.24) is 15.3 Å². The first-order valence-electron chi connectivity index (χ1n) is 5.93. The van der Waals surface area contributed by atoms with E-state index in [-0.39, 0.29) is 11.7 Å². The molecule has 0 aliphatic rings. The minimum absolute atomic E-state index is 0.247. The van der Waals surface area contributed by atoms with Crippen LogP contribution in [0.4, 0.5) is 4.39 Å². The topological polar surface area (TPSA) is 57.8 Å². The summed E-state index contributed by atoms with van der Waals surface area (Å²) in [5.74, 6) is -0.591. The molecule has 0 aliphatic heterocycles. The first kappa shape index (κ1) is 13.0. The van der Waals surface area contributed by atoms with Crippen molar-refractivity contribution < 1.29 is 9.18 Å². The third-order valence-corrected chi connectivity index (χ3v) is 2.57. The number of carbonyl (C=O) groups excluding carboxylic acids is 1. The summed E-state index contributed by atoms with van der Waals surface area (Å²) in [6.07, 6.45) is 6.77. The molecule has 2 aromatic rings. The molecule has 0 aliphatic carbocycles. The van der Waals surface area contributed by atoms with Gasteiger partial charge in [0.25, 0.3) is 0 Å². The SMILES string of the molecule is O=C(/C=C/c1ccccc1F)NCCc1cnc[nH]1. The Balaban J connectivity index is 1.79. The molecule has 1 aromatic heterocycles. The number of halogens is 1. The number of nitrogens with one attached hydrogen (secondary N) is 2. The maximum Gasteiger partial charge on any atom is 0.244 e. The van der Waals surface area contributed by atoms with Crippen LogP contribution in [-0.4, -0.2) is 22.4 Å². The highest BCUT2D eigenvalue weighted by molar-refractivity contribution is 5.91. The highest BCUT2D eigenvalue weighted by atomic mass is 19.1. The Morgan fingerprint density at radius 1 is 1.42 bits per heavy atom. The number of hydrogen-bond acceptors (Lipinski definition) is 2. The second kappa shape index (κ2) is 6.49. The number of nitrogens with zero attached hydrogens (tertiary/aromatic N) is 1. The average molecular weight is 259 g/mol. The van der Waals surface area contributed by atoms with Gasteiger partial charge in [0, 0.05) is 36.5 Å². The molecule has 1 amide bonds. The zero-order valence-corrected chi connectivity index (χ0v) is 10.3. The lowest BCUT2D eigenvalue weighted by Gasteiger charge is -2.00. The summed E-state index contributed by atoms with van der Waals surface area (Å²) in [6, 6.07) is 6.30. The molecule has 0 atom stereocenters. The summed E-state index contributed by atoms with van der Waals surface area (Å²) >= 11 is 0. The van der Waals surface area contributed by atoms with Gasteiger partial charge < -0.3 is 10.3 Å². The van der Waals surface area contributed by atoms with Crippen LogP contribution in [0.15, 0.2) is 42.9 Å². The van der Waals surface area contributed by atoms with E-state index >= 15 is 0 Å². The van der Waals surface area contributed by atoms with E-state index in [4.69, 9.17) is 0 Å². The number of hydrogen-bond donors (Lipinski definition) is 2. The molecule has 98 valence electrons. The van der Waals surface area contributed by atoms with Gasteiger partial charge in [0.2, 0.25) is 5.91 Å². The Hall–Kier alpha value is -2.43. The summed E-state index contributed by atoms with van der Waals surface area (Å²) in [5, 5.41) is 2.71. The van der Waals surface area contributed by atoms with Gasteiger partial charge in [0.05, 0.1) is 6.33 Å². The van der Waals surface area contributed by atoms with E-state index in [1.165, 1.54) is 18.2 Å². The van der Waals surface area contributed by atoms with Crippen molar-refractivity contribution in [3.63, 3.8) is 0 Å². The maximum absolute atomic E-state index is 13.3. The van der Waals surface area contributed by atoms with Crippen molar-refractivity contribution in [2.24, 2.45) is 0 Å². The van der Waals surface area contributed by atoms with Gasteiger partial charge in [-0.1, -0.05) is 18.2 Å². The van der Waals surface area contributed by atoms with E-state index in [2.05, 4.69) is 15.3 Å². The van der Waals surface area contributed by atoms with Gasteiger partial charge in [-0.3, -0.25) is 4.79 Å². The average Bonchev–Trinajstić information content (AvgIpc) is 2.91. The van der Waals surface area contributed by atoms with Crippen LogP contribution in [0.3, 0.4) is 0 Å². The van der Waals surface area contributed by atoms with E-state index in [9.17, 15) is 9.18 Å². The molecular weight excluding hydrogens is 245 g/mol. The zero-order chi connectivity index (χ0) is 13.5. The number of amides is 1. The quantitative estimate of drug-likeness (QED) is 0.806. The van der Waals surface area contributed by atoms with Crippen molar-refractivity contribution in [3.05, 3.63) is 59.9 Å². The summed E-state index contributed by atoms with van der Waals surface area (Å²) in [5.41, 5.74) is 1.35. The fourth-order valence-electron chi connectivity index (χ4n) is 1.58. The van der Waals surface area contributed by atoms with Gasteiger partial charge in [0.1, 0.15) is 5.82 Å². The van der Waals surface area contributed by atoms with Crippen LogP contribution in [0.2, 0.25) is 0 Å². The summed E-state index contributed by atoms with van der Waals surface area (Å²) in [7, 11) is 0. The lowest BCUT2D eigenvalue weighted by molar-refractivity contribution is -0.116. The second-order valence-electron chi connectivity index (χ2n) is 3.97. The van der Waals surface area contributed by atoms with Gasteiger partial charge in [0.15, 0.2) is 0 Å². The van der Waals surface area contributed by atoms with E-state index in [1.54, 1.807) is 30.7 Å². The molecular formula is C14H14FN3O. The monoisotopic (exact) mass is 259 g/mol.